The van der Waals surface area contributed by atoms with Gasteiger partial charge in [0.25, 0.3) is 5.91 Å². The minimum atomic E-state index is -0.481. The van der Waals surface area contributed by atoms with Crippen molar-refractivity contribution in [2.75, 3.05) is 31.5 Å². The largest absolute Gasteiger partial charge is 0.388 e. The molecule has 0 radical (unpaired) electrons. The van der Waals surface area contributed by atoms with Crippen molar-refractivity contribution >= 4 is 23.2 Å². The quantitative estimate of drug-likeness (QED) is 0.439. The Bertz CT molecular complexity index is 562. The van der Waals surface area contributed by atoms with Crippen molar-refractivity contribution in [2.24, 2.45) is 0 Å². The number of rotatable bonds is 8. The minimum absolute atomic E-state index is 0.0134. The normalized spacial score (nSPS) is 11.1. The lowest BCUT2D eigenvalue weighted by Crippen LogP contribution is -2.30. The molecule has 0 unspecified atom stereocenters. The summed E-state index contributed by atoms with van der Waals surface area (Å²) in [6.07, 6.45) is 1.44. The number of carbonyl (C=O) groups is 1. The topological polar surface area (TPSA) is 68.2 Å². The van der Waals surface area contributed by atoms with Crippen LogP contribution in [0.25, 0.3) is 0 Å². The van der Waals surface area contributed by atoms with Crippen LogP contribution in [-0.2, 0) is 4.79 Å². The van der Waals surface area contributed by atoms with E-state index in [-0.39, 0.29) is 5.57 Å². The number of benzene rings is 1. The number of para-hydroxylation sites is 1. The number of amides is 1. The fraction of sp³-hybridized carbons (Fsp3) is 0.375. The number of hydrogen-bond donors (Lipinski definition) is 2. The second-order valence-electron chi connectivity index (χ2n) is 4.58. The van der Waals surface area contributed by atoms with Crippen molar-refractivity contribution in [2.45, 2.75) is 13.8 Å². The molecule has 5 nitrogen and oxygen atoms in total. The average Bonchev–Trinajstić information content (AvgIpc) is 2.53. The van der Waals surface area contributed by atoms with Crippen LogP contribution in [0.1, 0.15) is 13.8 Å². The number of nitriles is 1. The van der Waals surface area contributed by atoms with Gasteiger partial charge in [-0.3, -0.25) is 4.79 Å². The van der Waals surface area contributed by atoms with Gasteiger partial charge in [0.05, 0.1) is 10.7 Å². The Labute approximate surface area is 136 Å². The first-order valence-corrected chi connectivity index (χ1v) is 7.62. The molecule has 0 heterocycles. The summed E-state index contributed by atoms with van der Waals surface area (Å²) in [5.41, 5.74) is 0.498. The summed E-state index contributed by atoms with van der Waals surface area (Å²) in [6.45, 7) is 7.66. The van der Waals surface area contributed by atoms with Crippen molar-refractivity contribution in [1.82, 2.24) is 10.2 Å². The average molecular weight is 321 g/mol. The number of hydrogen-bond acceptors (Lipinski definition) is 4. The highest BCUT2D eigenvalue weighted by Crippen LogP contribution is 2.20. The van der Waals surface area contributed by atoms with Crippen LogP contribution in [0.2, 0.25) is 5.02 Å². The molecule has 0 aliphatic heterocycles. The molecule has 1 amide bonds. The van der Waals surface area contributed by atoms with E-state index in [2.05, 4.69) is 29.4 Å². The summed E-state index contributed by atoms with van der Waals surface area (Å²) >= 11 is 5.97. The monoisotopic (exact) mass is 320 g/mol. The van der Waals surface area contributed by atoms with Gasteiger partial charge in [0, 0.05) is 19.3 Å². The number of halogens is 1. The predicted octanol–water partition coefficient (Wildman–Crippen LogP) is 2.62. The maximum Gasteiger partial charge on any atom is 0.267 e. The lowest BCUT2D eigenvalue weighted by molar-refractivity contribution is -0.112. The van der Waals surface area contributed by atoms with E-state index in [9.17, 15) is 4.79 Å². The molecule has 0 fully saturated rings. The highest BCUT2D eigenvalue weighted by molar-refractivity contribution is 6.33. The zero-order valence-electron chi connectivity index (χ0n) is 12.9. The second kappa shape index (κ2) is 9.82. The van der Waals surface area contributed by atoms with E-state index in [0.29, 0.717) is 17.3 Å². The maximum absolute atomic E-state index is 12.0. The van der Waals surface area contributed by atoms with Gasteiger partial charge in [-0.05, 0) is 25.2 Å². The fourth-order valence-corrected chi connectivity index (χ4v) is 2.02. The van der Waals surface area contributed by atoms with Gasteiger partial charge in [-0.25, -0.2) is 0 Å². The predicted molar refractivity (Wildman–Crippen MR) is 89.6 cm³/mol. The number of carbonyl (C=O) groups excluding carboxylic acids is 1. The van der Waals surface area contributed by atoms with Crippen LogP contribution in [0.15, 0.2) is 36.0 Å². The van der Waals surface area contributed by atoms with E-state index in [0.717, 1.165) is 19.6 Å². The van der Waals surface area contributed by atoms with Gasteiger partial charge < -0.3 is 15.5 Å². The van der Waals surface area contributed by atoms with Crippen LogP contribution < -0.4 is 10.6 Å². The van der Waals surface area contributed by atoms with Crippen LogP contribution in [0.4, 0.5) is 5.69 Å². The molecule has 0 aromatic heterocycles. The molecule has 0 saturated carbocycles. The summed E-state index contributed by atoms with van der Waals surface area (Å²) in [7, 11) is 0. The third-order valence-electron chi connectivity index (χ3n) is 3.20. The molecule has 0 aliphatic carbocycles. The molecule has 22 heavy (non-hydrogen) atoms. The molecular weight excluding hydrogens is 300 g/mol. The standard InChI is InChI=1S/C16H21ClN4O/c1-3-21(4-2)10-9-19-12-13(11-18)16(22)20-15-8-6-5-7-14(15)17/h5-8,12,19H,3-4,9-10H2,1-2H3,(H,20,22)/b13-12-. The van der Waals surface area contributed by atoms with Gasteiger partial charge in [-0.15, -0.1) is 0 Å². The molecule has 6 heteroatoms. The molecule has 1 aromatic carbocycles. The summed E-state index contributed by atoms with van der Waals surface area (Å²) in [5, 5.41) is 15.1. The molecule has 0 spiro atoms. The number of likely N-dealkylation sites (N-methyl/N-ethyl adjacent to an activating group) is 1. The molecule has 0 atom stereocenters. The Hall–Kier alpha value is -2.03. The molecule has 2 N–H and O–H groups in total. The Balaban J connectivity index is 2.56. The zero-order chi connectivity index (χ0) is 16.4. The lowest BCUT2D eigenvalue weighted by Gasteiger charge is -2.17. The first-order valence-electron chi connectivity index (χ1n) is 7.24. The van der Waals surface area contributed by atoms with E-state index < -0.39 is 5.91 Å². The molecule has 0 bridgehead atoms. The van der Waals surface area contributed by atoms with Crippen molar-refractivity contribution in [3.63, 3.8) is 0 Å². The lowest BCUT2D eigenvalue weighted by atomic mass is 10.2. The number of nitrogens with zero attached hydrogens (tertiary/aromatic N) is 2. The van der Waals surface area contributed by atoms with Gasteiger partial charge in [0.1, 0.15) is 11.6 Å². The molecular formula is C16H21ClN4O. The highest BCUT2D eigenvalue weighted by atomic mass is 35.5. The van der Waals surface area contributed by atoms with E-state index in [1.165, 1.54) is 6.20 Å². The maximum atomic E-state index is 12.0. The van der Waals surface area contributed by atoms with Crippen molar-refractivity contribution < 1.29 is 4.79 Å². The van der Waals surface area contributed by atoms with Crippen LogP contribution >= 0.6 is 11.6 Å². The van der Waals surface area contributed by atoms with Crippen LogP contribution in [-0.4, -0.2) is 37.0 Å². The second-order valence-corrected chi connectivity index (χ2v) is 4.99. The molecule has 0 saturated heterocycles. The van der Waals surface area contributed by atoms with E-state index in [1.54, 1.807) is 24.3 Å². The van der Waals surface area contributed by atoms with Gasteiger partial charge in [-0.2, -0.15) is 5.26 Å². The number of nitrogens with one attached hydrogen (secondary N) is 2. The molecule has 1 rings (SSSR count). The van der Waals surface area contributed by atoms with Gasteiger partial charge >= 0.3 is 0 Å². The van der Waals surface area contributed by atoms with Crippen molar-refractivity contribution in [1.29, 1.82) is 5.26 Å². The Kier molecular flexibility index (Phi) is 8.05. The van der Waals surface area contributed by atoms with E-state index >= 15 is 0 Å². The van der Waals surface area contributed by atoms with E-state index in [1.807, 2.05) is 6.07 Å². The fourth-order valence-electron chi connectivity index (χ4n) is 1.84. The first-order chi connectivity index (χ1) is 10.6. The summed E-state index contributed by atoms with van der Waals surface area (Å²) in [4.78, 5) is 14.3. The summed E-state index contributed by atoms with van der Waals surface area (Å²) < 4.78 is 0. The van der Waals surface area contributed by atoms with Gasteiger partial charge in [0.2, 0.25) is 0 Å². The van der Waals surface area contributed by atoms with Crippen LogP contribution in [0.3, 0.4) is 0 Å². The Morgan fingerprint density at radius 3 is 2.64 bits per heavy atom. The molecule has 118 valence electrons. The van der Waals surface area contributed by atoms with Gasteiger partial charge in [-0.1, -0.05) is 37.6 Å². The highest BCUT2D eigenvalue weighted by Gasteiger charge is 2.10. The molecule has 0 aliphatic rings. The first kappa shape index (κ1) is 18.0. The van der Waals surface area contributed by atoms with E-state index in [4.69, 9.17) is 16.9 Å². The smallest absolute Gasteiger partial charge is 0.267 e. The van der Waals surface area contributed by atoms with Crippen LogP contribution in [0.5, 0.6) is 0 Å². The van der Waals surface area contributed by atoms with Crippen LogP contribution in [0, 0.1) is 11.3 Å². The minimum Gasteiger partial charge on any atom is -0.388 e. The molecule has 1 aromatic rings. The third kappa shape index (κ3) is 5.76. The number of anilines is 1. The third-order valence-corrected chi connectivity index (χ3v) is 3.53. The SMILES string of the molecule is CCN(CC)CCN/C=C(/C#N)C(=O)Nc1ccccc1Cl. The zero-order valence-corrected chi connectivity index (χ0v) is 13.7. The summed E-state index contributed by atoms with van der Waals surface area (Å²) in [5.74, 6) is -0.481. The Morgan fingerprint density at radius 2 is 2.05 bits per heavy atom. The van der Waals surface area contributed by atoms with Crippen molar-refractivity contribution in [3.05, 3.63) is 41.1 Å². The Morgan fingerprint density at radius 1 is 1.36 bits per heavy atom. The van der Waals surface area contributed by atoms with Crippen molar-refractivity contribution in [3.8, 4) is 6.07 Å². The van der Waals surface area contributed by atoms with Gasteiger partial charge in [0.15, 0.2) is 0 Å². The summed E-state index contributed by atoms with van der Waals surface area (Å²) in [6, 6.07) is 8.78.